The van der Waals surface area contributed by atoms with Gasteiger partial charge in [0.15, 0.2) is 0 Å². The quantitative estimate of drug-likeness (QED) is 0.772. The molecule has 1 fully saturated rings. The summed E-state index contributed by atoms with van der Waals surface area (Å²) in [4.78, 5) is 16.2. The summed E-state index contributed by atoms with van der Waals surface area (Å²) >= 11 is 0. The van der Waals surface area contributed by atoms with Gasteiger partial charge in [-0.15, -0.1) is 0 Å². The number of nitrogens with zero attached hydrogens (tertiary/aromatic N) is 2. The molecular weight excluding hydrogens is 399 g/mol. The molecule has 0 aliphatic carbocycles. The fourth-order valence-corrected chi connectivity index (χ4v) is 3.93. The van der Waals surface area contributed by atoms with Crippen molar-refractivity contribution in [1.29, 1.82) is 0 Å². The van der Waals surface area contributed by atoms with Crippen LogP contribution < -0.4 is 15.4 Å². The van der Waals surface area contributed by atoms with E-state index in [-0.39, 0.29) is 24.1 Å². The number of hydrogen-bond donors (Lipinski definition) is 2. The first-order valence-electron chi connectivity index (χ1n) is 9.12. The van der Waals surface area contributed by atoms with Crippen LogP contribution in [0.15, 0.2) is 36.5 Å². The molecule has 10 heteroatoms. The Hall–Kier alpha value is -2.72. The van der Waals surface area contributed by atoms with Crippen LogP contribution in [-0.2, 0) is 10.0 Å². The highest BCUT2D eigenvalue weighted by Crippen LogP contribution is 2.24. The number of aromatic nitrogens is 1. The summed E-state index contributed by atoms with van der Waals surface area (Å²) in [6.45, 7) is 2.49. The van der Waals surface area contributed by atoms with Crippen molar-refractivity contribution in [3.8, 4) is 5.75 Å². The number of nitrogens with one attached hydrogen (secondary N) is 2. The number of piperidine rings is 1. The van der Waals surface area contributed by atoms with Crippen LogP contribution in [-0.4, -0.2) is 49.2 Å². The lowest BCUT2D eigenvalue weighted by atomic mass is 10.1. The third kappa shape index (κ3) is 6.13. The second kappa shape index (κ2) is 8.75. The standard InChI is InChI=1S/C19H23FN4O4S/c1-13-5-6-15(11-21-13)22-19(25)23-16-8-14(20)9-18(10-16)28-17-4-3-7-24(12-17)29(2,26)27/h5-6,8-11,17H,3-4,7,12H2,1-2H3,(H2,22,23,25). The van der Waals surface area contributed by atoms with E-state index >= 15 is 0 Å². The van der Waals surface area contributed by atoms with E-state index in [1.807, 2.05) is 6.92 Å². The Kier molecular flexibility index (Phi) is 6.33. The molecule has 2 N–H and O–H groups in total. The van der Waals surface area contributed by atoms with E-state index in [9.17, 15) is 17.6 Å². The molecule has 0 radical (unpaired) electrons. The van der Waals surface area contributed by atoms with E-state index in [2.05, 4.69) is 15.6 Å². The number of benzene rings is 1. The molecule has 1 unspecified atom stereocenters. The van der Waals surface area contributed by atoms with Crippen molar-refractivity contribution in [2.75, 3.05) is 30.0 Å². The van der Waals surface area contributed by atoms with Gasteiger partial charge < -0.3 is 15.4 Å². The molecule has 1 saturated heterocycles. The van der Waals surface area contributed by atoms with Crippen molar-refractivity contribution in [2.45, 2.75) is 25.9 Å². The van der Waals surface area contributed by atoms with E-state index in [0.29, 0.717) is 25.1 Å². The zero-order chi connectivity index (χ0) is 21.0. The van der Waals surface area contributed by atoms with Crippen LogP contribution in [0.5, 0.6) is 5.75 Å². The average molecular weight is 422 g/mol. The molecule has 3 rings (SSSR count). The molecule has 2 amide bonds. The van der Waals surface area contributed by atoms with Crippen LogP contribution in [0, 0.1) is 12.7 Å². The van der Waals surface area contributed by atoms with Gasteiger partial charge in [0.25, 0.3) is 0 Å². The minimum absolute atomic E-state index is 0.207. The number of sulfonamides is 1. The number of urea groups is 1. The number of pyridine rings is 1. The van der Waals surface area contributed by atoms with Gasteiger partial charge in [0, 0.05) is 30.1 Å². The number of carbonyl (C=O) groups is 1. The molecule has 0 bridgehead atoms. The van der Waals surface area contributed by atoms with Crippen molar-refractivity contribution < 1.29 is 22.3 Å². The van der Waals surface area contributed by atoms with Gasteiger partial charge in [0.2, 0.25) is 10.0 Å². The number of anilines is 2. The predicted octanol–water partition coefficient (Wildman–Crippen LogP) is 2.98. The fraction of sp³-hybridized carbons (Fsp3) is 0.368. The third-order valence-electron chi connectivity index (χ3n) is 4.41. The molecule has 156 valence electrons. The molecular formula is C19H23FN4O4S. The summed E-state index contributed by atoms with van der Waals surface area (Å²) in [7, 11) is -3.31. The number of amides is 2. The smallest absolute Gasteiger partial charge is 0.323 e. The Morgan fingerprint density at radius 1 is 1.24 bits per heavy atom. The topological polar surface area (TPSA) is 101 Å². The van der Waals surface area contributed by atoms with Crippen molar-refractivity contribution in [2.24, 2.45) is 0 Å². The molecule has 2 heterocycles. The first-order chi connectivity index (χ1) is 13.7. The molecule has 1 aromatic carbocycles. The van der Waals surface area contributed by atoms with Crippen LogP contribution in [0.1, 0.15) is 18.5 Å². The van der Waals surface area contributed by atoms with Crippen LogP contribution >= 0.6 is 0 Å². The van der Waals surface area contributed by atoms with Crippen molar-refractivity contribution in [1.82, 2.24) is 9.29 Å². The lowest BCUT2D eigenvalue weighted by Crippen LogP contribution is -2.43. The normalized spacial score (nSPS) is 17.6. The SMILES string of the molecule is Cc1ccc(NC(=O)Nc2cc(F)cc(OC3CCCN(S(C)(=O)=O)C3)c2)cn1. The zero-order valence-electron chi connectivity index (χ0n) is 16.2. The number of carbonyl (C=O) groups excluding carboxylic acids is 1. The maximum atomic E-state index is 14.0. The molecule has 0 spiro atoms. The molecule has 1 aromatic heterocycles. The van der Waals surface area contributed by atoms with E-state index in [0.717, 1.165) is 11.9 Å². The maximum Gasteiger partial charge on any atom is 0.323 e. The van der Waals surface area contributed by atoms with Gasteiger partial charge in [0.05, 0.1) is 24.7 Å². The highest BCUT2D eigenvalue weighted by molar-refractivity contribution is 7.88. The predicted molar refractivity (Wildman–Crippen MR) is 108 cm³/mol. The number of rotatable bonds is 5. The highest BCUT2D eigenvalue weighted by Gasteiger charge is 2.27. The lowest BCUT2D eigenvalue weighted by molar-refractivity contribution is 0.130. The average Bonchev–Trinajstić information content (AvgIpc) is 2.62. The Labute approximate surface area is 169 Å². The molecule has 0 saturated carbocycles. The summed E-state index contributed by atoms with van der Waals surface area (Å²) in [6, 6.07) is 6.78. The summed E-state index contributed by atoms with van der Waals surface area (Å²) in [5, 5.41) is 5.16. The number of ether oxygens (including phenoxy) is 1. The maximum absolute atomic E-state index is 14.0. The van der Waals surface area contributed by atoms with Crippen LogP contribution in [0.3, 0.4) is 0 Å². The molecule has 8 nitrogen and oxygen atoms in total. The van der Waals surface area contributed by atoms with Crippen LogP contribution in [0.2, 0.25) is 0 Å². The van der Waals surface area contributed by atoms with Gasteiger partial charge in [-0.1, -0.05) is 0 Å². The van der Waals surface area contributed by atoms with Crippen LogP contribution in [0.25, 0.3) is 0 Å². The first kappa shape index (κ1) is 21.0. The van der Waals surface area contributed by atoms with E-state index < -0.39 is 21.9 Å². The minimum atomic E-state index is -3.31. The zero-order valence-corrected chi connectivity index (χ0v) is 17.0. The second-order valence-corrected chi connectivity index (χ2v) is 8.93. The van der Waals surface area contributed by atoms with Gasteiger partial charge >= 0.3 is 6.03 Å². The van der Waals surface area contributed by atoms with E-state index in [1.54, 1.807) is 12.1 Å². The molecule has 1 aliphatic rings. The minimum Gasteiger partial charge on any atom is -0.489 e. The van der Waals surface area contributed by atoms with Gasteiger partial charge in [0.1, 0.15) is 17.7 Å². The Balaban J connectivity index is 1.64. The first-order valence-corrected chi connectivity index (χ1v) is 11.0. The Morgan fingerprint density at radius 2 is 2.00 bits per heavy atom. The highest BCUT2D eigenvalue weighted by atomic mass is 32.2. The summed E-state index contributed by atoms with van der Waals surface area (Å²) < 4.78 is 44.6. The monoisotopic (exact) mass is 422 g/mol. The third-order valence-corrected chi connectivity index (χ3v) is 5.68. The lowest BCUT2D eigenvalue weighted by Gasteiger charge is -2.31. The summed E-state index contributed by atoms with van der Waals surface area (Å²) in [5.74, 6) is -0.358. The van der Waals surface area contributed by atoms with E-state index in [4.69, 9.17) is 4.74 Å². The summed E-state index contributed by atoms with van der Waals surface area (Å²) in [5.41, 5.74) is 1.54. The van der Waals surface area contributed by atoms with Gasteiger partial charge in [-0.05, 0) is 38.0 Å². The molecule has 1 atom stereocenters. The molecule has 29 heavy (non-hydrogen) atoms. The molecule has 2 aromatic rings. The number of hydrogen-bond acceptors (Lipinski definition) is 5. The van der Waals surface area contributed by atoms with Crippen molar-refractivity contribution in [3.05, 3.63) is 48.0 Å². The number of aryl methyl sites for hydroxylation is 1. The van der Waals surface area contributed by atoms with E-state index in [1.165, 1.54) is 28.7 Å². The van der Waals surface area contributed by atoms with Gasteiger partial charge in [-0.3, -0.25) is 4.98 Å². The van der Waals surface area contributed by atoms with Crippen LogP contribution in [0.4, 0.5) is 20.6 Å². The number of halogens is 1. The Bertz CT molecular complexity index is 982. The van der Waals surface area contributed by atoms with Gasteiger partial charge in [-0.25, -0.2) is 17.6 Å². The van der Waals surface area contributed by atoms with Crippen molar-refractivity contribution >= 4 is 27.4 Å². The van der Waals surface area contributed by atoms with Gasteiger partial charge in [-0.2, -0.15) is 4.31 Å². The second-order valence-electron chi connectivity index (χ2n) is 6.95. The Morgan fingerprint density at radius 3 is 2.69 bits per heavy atom. The molecule has 1 aliphatic heterocycles. The summed E-state index contributed by atoms with van der Waals surface area (Å²) in [6.07, 6.45) is 3.60. The largest absolute Gasteiger partial charge is 0.489 e. The van der Waals surface area contributed by atoms with Crippen molar-refractivity contribution in [3.63, 3.8) is 0 Å². The fourth-order valence-electron chi connectivity index (χ4n) is 3.03.